The van der Waals surface area contributed by atoms with Crippen molar-refractivity contribution in [2.24, 2.45) is 0 Å². The number of nitrogens with one attached hydrogen (secondary N) is 1. The van der Waals surface area contributed by atoms with Crippen molar-refractivity contribution in [1.82, 2.24) is 4.98 Å². The third-order valence-corrected chi connectivity index (χ3v) is 5.05. The SMILES string of the molecule is O=c1c(Cl)c[nH]cc1CS(=O)(=O)c1ccc(OC(F)(F)F)c(Cl)c1. The van der Waals surface area contributed by atoms with Gasteiger partial charge in [0.2, 0.25) is 5.43 Å². The van der Waals surface area contributed by atoms with E-state index in [9.17, 15) is 26.4 Å². The highest BCUT2D eigenvalue weighted by Gasteiger charge is 2.32. The largest absolute Gasteiger partial charge is 0.573 e. The minimum Gasteiger partial charge on any atom is -0.404 e. The lowest BCUT2D eigenvalue weighted by molar-refractivity contribution is -0.274. The van der Waals surface area contributed by atoms with E-state index in [-0.39, 0.29) is 15.5 Å². The summed E-state index contributed by atoms with van der Waals surface area (Å²) in [5.74, 6) is -1.43. The van der Waals surface area contributed by atoms with Gasteiger partial charge in [-0.2, -0.15) is 0 Å². The van der Waals surface area contributed by atoms with Crippen molar-refractivity contribution >= 4 is 33.0 Å². The first kappa shape index (κ1) is 18.6. The number of halogens is 5. The maximum atomic E-state index is 12.3. The summed E-state index contributed by atoms with van der Waals surface area (Å²) < 4.78 is 64.8. The van der Waals surface area contributed by atoms with Crippen LogP contribution in [0.15, 0.2) is 40.3 Å². The second-order valence-corrected chi connectivity index (χ2v) is 7.36. The van der Waals surface area contributed by atoms with E-state index in [1.807, 2.05) is 0 Å². The first-order valence-corrected chi connectivity index (χ1v) is 8.54. The lowest BCUT2D eigenvalue weighted by Gasteiger charge is -2.11. The Morgan fingerprint density at radius 3 is 2.38 bits per heavy atom. The first-order chi connectivity index (χ1) is 11.0. The average molecular weight is 402 g/mol. The number of ether oxygens (including phenoxy) is 1. The maximum absolute atomic E-state index is 12.3. The van der Waals surface area contributed by atoms with Crippen LogP contribution < -0.4 is 10.2 Å². The van der Waals surface area contributed by atoms with Gasteiger partial charge in [0, 0.05) is 18.0 Å². The Labute approximate surface area is 143 Å². The van der Waals surface area contributed by atoms with Gasteiger partial charge in [0.15, 0.2) is 9.84 Å². The summed E-state index contributed by atoms with van der Waals surface area (Å²) in [5, 5.41) is -0.719. The van der Waals surface area contributed by atoms with Crippen LogP contribution in [-0.2, 0) is 15.6 Å². The molecule has 0 aliphatic heterocycles. The van der Waals surface area contributed by atoms with Crippen LogP contribution in [0.5, 0.6) is 5.75 Å². The molecule has 0 spiro atoms. The fourth-order valence-corrected chi connectivity index (χ4v) is 3.61. The fourth-order valence-electron chi connectivity index (χ4n) is 1.78. The van der Waals surface area contributed by atoms with E-state index in [4.69, 9.17) is 23.2 Å². The van der Waals surface area contributed by atoms with Crippen molar-refractivity contribution in [2.75, 3.05) is 0 Å². The Bertz CT molecular complexity index is 926. The number of rotatable bonds is 4. The van der Waals surface area contributed by atoms with Gasteiger partial charge < -0.3 is 9.72 Å². The number of H-pyrrole nitrogens is 1. The molecule has 0 saturated heterocycles. The number of aromatic nitrogens is 1. The number of hydrogen-bond acceptors (Lipinski definition) is 4. The van der Waals surface area contributed by atoms with E-state index in [0.29, 0.717) is 0 Å². The van der Waals surface area contributed by atoms with Crippen molar-refractivity contribution in [3.05, 3.63) is 56.4 Å². The van der Waals surface area contributed by atoms with E-state index >= 15 is 0 Å². The van der Waals surface area contributed by atoms with Crippen LogP contribution in [0.4, 0.5) is 13.2 Å². The van der Waals surface area contributed by atoms with Crippen LogP contribution in [0, 0.1) is 0 Å². The van der Waals surface area contributed by atoms with E-state index in [2.05, 4.69) is 9.72 Å². The molecule has 0 bridgehead atoms. The zero-order chi connectivity index (χ0) is 18.1. The van der Waals surface area contributed by atoms with Crippen LogP contribution in [0.25, 0.3) is 0 Å². The number of benzene rings is 1. The molecule has 0 atom stereocenters. The summed E-state index contributed by atoms with van der Waals surface area (Å²) in [6.07, 6.45) is -2.59. The summed E-state index contributed by atoms with van der Waals surface area (Å²) in [6, 6.07) is 2.50. The molecule has 2 rings (SSSR count). The minimum atomic E-state index is -4.96. The summed E-state index contributed by atoms with van der Waals surface area (Å²) in [7, 11) is -4.04. The van der Waals surface area contributed by atoms with Crippen molar-refractivity contribution in [2.45, 2.75) is 17.0 Å². The molecule has 0 unspecified atom stereocenters. The maximum Gasteiger partial charge on any atom is 0.573 e. The third-order valence-electron chi connectivity index (χ3n) is 2.81. The summed E-state index contributed by atoms with van der Waals surface area (Å²) in [4.78, 5) is 13.9. The van der Waals surface area contributed by atoms with Gasteiger partial charge in [-0.15, -0.1) is 13.2 Å². The van der Waals surface area contributed by atoms with Crippen molar-refractivity contribution in [3.63, 3.8) is 0 Å². The van der Waals surface area contributed by atoms with Gasteiger partial charge in [-0.25, -0.2) is 8.42 Å². The summed E-state index contributed by atoms with van der Waals surface area (Å²) in [6.45, 7) is 0. The fraction of sp³-hybridized carbons (Fsp3) is 0.154. The topological polar surface area (TPSA) is 76.2 Å². The molecule has 5 nitrogen and oxygen atoms in total. The quantitative estimate of drug-likeness (QED) is 0.849. The highest BCUT2D eigenvalue weighted by Crippen LogP contribution is 2.32. The smallest absolute Gasteiger partial charge is 0.404 e. The summed E-state index contributed by atoms with van der Waals surface area (Å²) in [5.41, 5.74) is -0.781. The highest BCUT2D eigenvalue weighted by molar-refractivity contribution is 7.90. The molecule has 130 valence electrons. The lowest BCUT2D eigenvalue weighted by Crippen LogP contribution is -2.18. The van der Waals surface area contributed by atoms with Gasteiger partial charge in [0.25, 0.3) is 0 Å². The van der Waals surface area contributed by atoms with Crippen molar-refractivity contribution < 1.29 is 26.3 Å². The van der Waals surface area contributed by atoms with Gasteiger partial charge in [0.05, 0.1) is 15.7 Å². The second kappa shape index (κ2) is 6.66. The monoisotopic (exact) mass is 401 g/mol. The van der Waals surface area contributed by atoms with E-state index < -0.39 is 38.2 Å². The molecule has 1 N–H and O–H groups in total. The summed E-state index contributed by atoms with van der Waals surface area (Å²) >= 11 is 11.2. The molecular weight excluding hydrogens is 394 g/mol. The molecule has 0 aliphatic carbocycles. The predicted molar refractivity (Wildman–Crippen MR) is 81.1 cm³/mol. The Morgan fingerprint density at radius 2 is 1.79 bits per heavy atom. The average Bonchev–Trinajstić information content (AvgIpc) is 2.44. The highest BCUT2D eigenvalue weighted by atomic mass is 35.5. The number of aromatic amines is 1. The Morgan fingerprint density at radius 1 is 1.12 bits per heavy atom. The molecule has 0 amide bonds. The number of hydrogen-bond donors (Lipinski definition) is 1. The molecule has 2 aromatic rings. The van der Waals surface area contributed by atoms with E-state index in [1.54, 1.807) is 0 Å². The van der Waals surface area contributed by atoms with E-state index in [0.717, 1.165) is 18.2 Å². The second-order valence-electron chi connectivity index (χ2n) is 4.56. The lowest BCUT2D eigenvalue weighted by atomic mass is 10.3. The third kappa shape index (κ3) is 4.43. The molecule has 0 fully saturated rings. The minimum absolute atomic E-state index is 0.116. The number of sulfone groups is 1. The Kier molecular flexibility index (Phi) is 5.17. The molecule has 11 heteroatoms. The molecule has 1 aromatic heterocycles. The molecule has 1 heterocycles. The zero-order valence-electron chi connectivity index (χ0n) is 11.5. The molecule has 0 saturated carbocycles. The predicted octanol–water partition coefficient (Wildman–Crippen LogP) is 3.55. The molecular formula is C13H8Cl2F3NO4S. The molecule has 0 aliphatic rings. The normalized spacial score (nSPS) is 12.2. The molecule has 24 heavy (non-hydrogen) atoms. The van der Waals surface area contributed by atoms with Crippen LogP contribution in [-0.4, -0.2) is 19.8 Å². The number of pyridine rings is 1. The van der Waals surface area contributed by atoms with Crippen molar-refractivity contribution in [1.29, 1.82) is 0 Å². The molecule has 1 aromatic carbocycles. The van der Waals surface area contributed by atoms with E-state index in [1.165, 1.54) is 12.4 Å². The van der Waals surface area contributed by atoms with Crippen LogP contribution in [0.3, 0.4) is 0 Å². The zero-order valence-corrected chi connectivity index (χ0v) is 13.9. The van der Waals surface area contributed by atoms with Gasteiger partial charge in [-0.05, 0) is 18.2 Å². The van der Waals surface area contributed by atoms with Gasteiger partial charge >= 0.3 is 6.36 Å². The van der Waals surface area contributed by atoms with Crippen LogP contribution in [0.2, 0.25) is 10.0 Å². The van der Waals surface area contributed by atoms with Gasteiger partial charge in [0.1, 0.15) is 10.8 Å². The standard InChI is InChI=1S/C13H8Cl2F3NO4S/c14-9-3-8(1-2-11(9)23-13(16,17)18)24(21,22)6-7-4-19-5-10(15)12(7)20/h1-5H,6H2,(H,19,20). The van der Waals surface area contributed by atoms with Crippen molar-refractivity contribution in [3.8, 4) is 5.75 Å². The molecule has 0 radical (unpaired) electrons. The first-order valence-electron chi connectivity index (χ1n) is 6.13. The van der Waals surface area contributed by atoms with Crippen LogP contribution in [0.1, 0.15) is 5.56 Å². The van der Waals surface area contributed by atoms with Gasteiger partial charge in [-0.3, -0.25) is 4.79 Å². The number of alkyl halides is 3. The van der Waals surface area contributed by atoms with Gasteiger partial charge in [-0.1, -0.05) is 23.2 Å². The Balaban J connectivity index is 2.35. The Hall–Kier alpha value is -1.71. The van der Waals surface area contributed by atoms with Crippen LogP contribution >= 0.6 is 23.2 Å².